The van der Waals surface area contributed by atoms with Crippen molar-refractivity contribution in [1.29, 1.82) is 0 Å². The zero-order valence-electron chi connectivity index (χ0n) is 13.7. The molecule has 1 N–H and O–H groups in total. The lowest BCUT2D eigenvalue weighted by Gasteiger charge is -2.07. The van der Waals surface area contributed by atoms with Crippen molar-refractivity contribution in [2.75, 3.05) is 27.3 Å². The molecule has 2 aromatic carbocycles. The van der Waals surface area contributed by atoms with Crippen LogP contribution in [0.15, 0.2) is 48.5 Å². The monoisotopic (exact) mass is 286 g/mol. The first-order valence-electron chi connectivity index (χ1n) is 7.65. The number of hydrogen-bond acceptors (Lipinski definition) is 3. The van der Waals surface area contributed by atoms with Gasteiger partial charge in [0.25, 0.3) is 0 Å². The molecule has 0 spiro atoms. The summed E-state index contributed by atoms with van der Waals surface area (Å²) in [6.07, 6.45) is 1.74. The third-order valence-corrected chi connectivity index (χ3v) is 3.44. The van der Waals surface area contributed by atoms with Gasteiger partial charge in [0.2, 0.25) is 0 Å². The fourth-order valence-corrected chi connectivity index (χ4v) is 2.11. The van der Waals surface area contributed by atoms with Crippen molar-refractivity contribution >= 4 is 0 Å². The third kappa shape index (κ3) is 5.12. The predicted molar refractivity (Wildman–Crippen MR) is 86.3 cm³/mol. The van der Waals surface area contributed by atoms with E-state index in [1.807, 2.05) is 24.3 Å². The van der Waals surface area contributed by atoms with E-state index in [0.717, 1.165) is 37.4 Å². The first-order valence-corrected chi connectivity index (χ1v) is 7.21. The third-order valence-electron chi connectivity index (χ3n) is 3.44. The van der Waals surface area contributed by atoms with Gasteiger partial charge in [0, 0.05) is 0 Å². The lowest BCUT2D eigenvalue weighted by atomic mass is 10.1. The molecule has 21 heavy (non-hydrogen) atoms. The van der Waals surface area contributed by atoms with Crippen LogP contribution in [-0.4, -0.2) is 27.3 Å². The Labute approximate surface area is 128 Å². The van der Waals surface area contributed by atoms with Gasteiger partial charge in [-0.1, -0.05) is 24.3 Å². The molecule has 0 aliphatic heterocycles. The fraction of sp³-hybridized carbons (Fsp3) is 0.333. The van der Waals surface area contributed by atoms with Crippen LogP contribution in [0, 0.1) is 0 Å². The highest BCUT2D eigenvalue weighted by Gasteiger charge is 1.96. The molecule has 0 fully saturated rings. The molecule has 2 aromatic rings. The van der Waals surface area contributed by atoms with Crippen LogP contribution in [0.2, 0.25) is 1.41 Å². The number of methoxy groups -OCH3 is 2. The number of benzene rings is 2. The summed E-state index contributed by atoms with van der Waals surface area (Å²) in [7, 11) is 3.33. The lowest BCUT2D eigenvalue weighted by Crippen LogP contribution is -2.20. The van der Waals surface area contributed by atoms with Crippen LogP contribution < -0.4 is 14.8 Å². The summed E-state index contributed by atoms with van der Waals surface area (Å²) in [5, 5.41) is 1.62. The van der Waals surface area contributed by atoms with Gasteiger partial charge in [-0.25, -0.2) is 0 Å². The van der Waals surface area contributed by atoms with E-state index < -0.39 is 0 Å². The standard InChI is InChI=1S/C18H23NO2/c1-20-17-7-3-15(4-8-17)11-13-19-14-12-16-5-9-18(21-2)10-6-16/h3-10,19H,11-14H2,1-2H3/i/hD. The van der Waals surface area contributed by atoms with E-state index in [4.69, 9.17) is 10.9 Å². The maximum absolute atomic E-state index is 8.01. The Morgan fingerprint density at radius 3 is 1.48 bits per heavy atom. The molecule has 3 nitrogen and oxygen atoms in total. The molecule has 0 amide bonds. The van der Waals surface area contributed by atoms with Crippen LogP contribution in [0.1, 0.15) is 11.1 Å². The Balaban J connectivity index is 1.73. The first kappa shape index (κ1) is 14.0. The van der Waals surface area contributed by atoms with Gasteiger partial charge in [-0.15, -0.1) is 0 Å². The van der Waals surface area contributed by atoms with Crippen LogP contribution in [0.25, 0.3) is 0 Å². The molecule has 0 heterocycles. The Kier molecular flexibility index (Phi) is 5.53. The average molecular weight is 286 g/mol. The minimum atomic E-state index is 0.725. The van der Waals surface area contributed by atoms with Gasteiger partial charge >= 0.3 is 0 Å². The van der Waals surface area contributed by atoms with Crippen LogP contribution in [0.3, 0.4) is 0 Å². The van der Waals surface area contributed by atoms with Crippen molar-refractivity contribution < 1.29 is 10.9 Å². The molecular weight excluding hydrogens is 262 g/mol. The topological polar surface area (TPSA) is 30.5 Å². The molecule has 0 bridgehead atoms. The molecule has 0 unspecified atom stereocenters. The zero-order valence-corrected chi connectivity index (χ0v) is 12.7. The summed E-state index contributed by atoms with van der Waals surface area (Å²) in [5.41, 5.74) is 2.45. The summed E-state index contributed by atoms with van der Waals surface area (Å²) in [6, 6.07) is 16.0. The van der Waals surface area contributed by atoms with Gasteiger partial charge in [0.05, 0.1) is 14.2 Å². The van der Waals surface area contributed by atoms with Gasteiger partial charge in [0.15, 0.2) is 0 Å². The van der Waals surface area contributed by atoms with E-state index >= 15 is 0 Å². The van der Waals surface area contributed by atoms with Gasteiger partial charge in [-0.05, 0) is 61.3 Å². The molecule has 112 valence electrons. The van der Waals surface area contributed by atoms with Crippen molar-refractivity contribution in [2.24, 2.45) is 0 Å². The second-order valence-electron chi connectivity index (χ2n) is 4.87. The second-order valence-corrected chi connectivity index (χ2v) is 4.87. The van der Waals surface area contributed by atoms with Crippen molar-refractivity contribution in [2.45, 2.75) is 12.8 Å². The highest BCUT2D eigenvalue weighted by Crippen LogP contribution is 2.12. The number of hydrogen-bond donors (Lipinski definition) is 1. The van der Waals surface area contributed by atoms with Gasteiger partial charge in [-0.3, -0.25) is 0 Å². The van der Waals surface area contributed by atoms with Crippen LogP contribution >= 0.6 is 0 Å². The summed E-state index contributed by atoms with van der Waals surface area (Å²) >= 11 is 0. The normalized spacial score (nSPS) is 11.3. The Morgan fingerprint density at radius 1 is 0.762 bits per heavy atom. The van der Waals surface area contributed by atoms with Gasteiger partial charge in [0.1, 0.15) is 12.9 Å². The number of ether oxygens (including phenoxy) is 2. The van der Waals surface area contributed by atoms with Gasteiger partial charge < -0.3 is 14.8 Å². The molecular formula is C18H23NO2. The van der Waals surface area contributed by atoms with Crippen molar-refractivity contribution in [3.8, 4) is 11.5 Å². The fourth-order valence-electron chi connectivity index (χ4n) is 2.11. The summed E-state index contributed by atoms with van der Waals surface area (Å²) in [5.74, 6) is 1.73. The molecule has 3 heteroatoms. The average Bonchev–Trinajstić information content (AvgIpc) is 2.59. The maximum Gasteiger partial charge on any atom is 0.122 e. The molecule has 2 rings (SSSR count). The molecule has 0 radical (unpaired) electrons. The first-order chi connectivity index (χ1) is 10.7. The number of rotatable bonds is 8. The maximum atomic E-state index is 8.01. The molecule has 0 atom stereocenters. The summed E-state index contributed by atoms with van der Waals surface area (Å²) in [6.45, 7) is 1.45. The smallest absolute Gasteiger partial charge is 0.122 e. The Bertz CT molecular complexity index is 503. The minimum Gasteiger partial charge on any atom is -0.497 e. The molecule has 0 aliphatic rings. The van der Waals surface area contributed by atoms with Crippen LogP contribution in [0.5, 0.6) is 11.5 Å². The van der Waals surface area contributed by atoms with E-state index in [0.29, 0.717) is 0 Å². The Hall–Kier alpha value is -2.00. The SMILES string of the molecule is [2H]N(CCc1ccc(OC)cc1)CCc1ccc(OC)cc1. The minimum absolute atomic E-state index is 0.725. The molecule has 0 aliphatic carbocycles. The Morgan fingerprint density at radius 2 is 1.14 bits per heavy atom. The van der Waals surface area contributed by atoms with E-state index in [-0.39, 0.29) is 0 Å². The highest BCUT2D eigenvalue weighted by atomic mass is 16.5. The van der Waals surface area contributed by atoms with Crippen LogP contribution in [-0.2, 0) is 12.8 Å². The van der Waals surface area contributed by atoms with E-state index in [1.165, 1.54) is 11.1 Å². The molecule has 0 saturated heterocycles. The van der Waals surface area contributed by atoms with Crippen molar-refractivity contribution in [1.82, 2.24) is 5.31 Å². The lowest BCUT2D eigenvalue weighted by molar-refractivity contribution is 0.414. The second kappa shape index (κ2) is 8.32. The van der Waals surface area contributed by atoms with E-state index in [2.05, 4.69) is 24.3 Å². The van der Waals surface area contributed by atoms with E-state index in [9.17, 15) is 0 Å². The van der Waals surface area contributed by atoms with Gasteiger partial charge in [-0.2, -0.15) is 0 Å². The van der Waals surface area contributed by atoms with Crippen molar-refractivity contribution in [3.05, 3.63) is 59.7 Å². The zero-order chi connectivity index (χ0) is 15.8. The van der Waals surface area contributed by atoms with E-state index in [1.54, 1.807) is 19.5 Å². The quantitative estimate of drug-likeness (QED) is 0.809. The molecule has 0 aromatic heterocycles. The highest BCUT2D eigenvalue weighted by molar-refractivity contribution is 5.28. The molecule has 0 saturated carbocycles. The number of nitrogens with one attached hydrogen (secondary N) is 1. The largest absolute Gasteiger partial charge is 0.497 e. The summed E-state index contributed by atoms with van der Waals surface area (Å²) in [4.78, 5) is 0. The summed E-state index contributed by atoms with van der Waals surface area (Å²) < 4.78 is 18.3. The van der Waals surface area contributed by atoms with Crippen LogP contribution in [0.4, 0.5) is 0 Å². The van der Waals surface area contributed by atoms with Crippen molar-refractivity contribution in [3.63, 3.8) is 0 Å². The predicted octanol–water partition coefficient (Wildman–Crippen LogP) is 3.08.